The Labute approximate surface area is 129 Å². The highest BCUT2D eigenvalue weighted by Gasteiger charge is 2.12. The van der Waals surface area contributed by atoms with Gasteiger partial charge in [-0.25, -0.2) is 4.98 Å². The molecule has 6 heteroatoms. The van der Waals surface area contributed by atoms with Gasteiger partial charge < -0.3 is 15.2 Å². The largest absolute Gasteiger partial charge is 0.389 e. The van der Waals surface area contributed by atoms with E-state index in [1.807, 2.05) is 31.2 Å². The molecular weight excluding hydrogens is 284 g/mol. The van der Waals surface area contributed by atoms with E-state index in [4.69, 9.17) is 18.0 Å². The van der Waals surface area contributed by atoms with Crippen molar-refractivity contribution in [2.75, 3.05) is 11.9 Å². The first kappa shape index (κ1) is 15.2. The lowest BCUT2D eigenvalue weighted by Crippen LogP contribution is -2.28. The fourth-order valence-corrected chi connectivity index (χ4v) is 2.20. The quantitative estimate of drug-likeness (QED) is 0.857. The van der Waals surface area contributed by atoms with Gasteiger partial charge in [0.05, 0.1) is 0 Å². The second-order valence-electron chi connectivity index (χ2n) is 4.72. The van der Waals surface area contributed by atoms with Gasteiger partial charge in [0.15, 0.2) is 5.82 Å². The minimum absolute atomic E-state index is 0.109. The van der Waals surface area contributed by atoms with Crippen molar-refractivity contribution < 1.29 is 0 Å². The van der Waals surface area contributed by atoms with Gasteiger partial charge in [-0.2, -0.15) is 0 Å². The highest BCUT2D eigenvalue weighted by atomic mass is 32.1. The predicted octanol–water partition coefficient (Wildman–Crippen LogP) is 2.06. The summed E-state index contributed by atoms with van der Waals surface area (Å²) in [6.07, 6.45) is 4.24. The molecule has 0 radical (unpaired) electrons. The molecule has 0 saturated heterocycles. The van der Waals surface area contributed by atoms with E-state index in [0.717, 1.165) is 17.7 Å². The van der Waals surface area contributed by atoms with Crippen LogP contribution in [0.5, 0.6) is 0 Å². The third-order valence-electron chi connectivity index (χ3n) is 3.20. The van der Waals surface area contributed by atoms with Crippen molar-refractivity contribution in [3.05, 3.63) is 52.6 Å². The lowest BCUT2D eigenvalue weighted by atomic mass is 10.2. The number of benzene rings is 1. The molecule has 0 fully saturated rings. The summed E-state index contributed by atoms with van der Waals surface area (Å²) in [5, 5.41) is 0. The van der Waals surface area contributed by atoms with Crippen molar-refractivity contribution in [2.24, 2.45) is 5.73 Å². The van der Waals surface area contributed by atoms with Crippen LogP contribution in [0, 0.1) is 0 Å². The van der Waals surface area contributed by atoms with E-state index in [1.54, 1.807) is 28.9 Å². The number of anilines is 2. The molecule has 0 aliphatic rings. The molecule has 0 aliphatic carbocycles. The van der Waals surface area contributed by atoms with Crippen LogP contribution in [0.15, 0.2) is 41.5 Å². The van der Waals surface area contributed by atoms with Crippen molar-refractivity contribution in [2.45, 2.75) is 19.9 Å². The van der Waals surface area contributed by atoms with Crippen LogP contribution < -0.4 is 16.2 Å². The number of hydrogen-bond donors (Lipinski definition) is 1. The molecule has 0 saturated carbocycles. The molecule has 0 unspecified atom stereocenters. The van der Waals surface area contributed by atoms with E-state index in [1.165, 1.54) is 0 Å². The van der Waals surface area contributed by atoms with Gasteiger partial charge in [0.1, 0.15) is 4.99 Å². The predicted molar refractivity (Wildman–Crippen MR) is 89.2 cm³/mol. The molecule has 2 N–H and O–H groups in total. The minimum Gasteiger partial charge on any atom is -0.389 e. The number of nitrogens with zero attached hydrogens (tertiary/aromatic N) is 3. The molecular formula is C15H18N4OS. The SMILES string of the molecule is CCCn1ccnc(N(C)c2cccc(C(N)=S)c2)c1=O. The Kier molecular flexibility index (Phi) is 4.70. The molecule has 5 nitrogen and oxygen atoms in total. The maximum atomic E-state index is 12.4. The third-order valence-corrected chi connectivity index (χ3v) is 3.43. The van der Waals surface area contributed by atoms with Gasteiger partial charge >= 0.3 is 0 Å². The Morgan fingerprint density at radius 3 is 2.90 bits per heavy atom. The molecule has 0 bridgehead atoms. The summed E-state index contributed by atoms with van der Waals surface area (Å²) in [5.74, 6) is 0.381. The highest BCUT2D eigenvalue weighted by molar-refractivity contribution is 7.80. The number of hydrogen-bond acceptors (Lipinski definition) is 4. The molecule has 0 aliphatic heterocycles. The molecule has 2 rings (SSSR count). The van der Waals surface area contributed by atoms with Gasteiger partial charge in [0.2, 0.25) is 0 Å². The summed E-state index contributed by atoms with van der Waals surface area (Å²) in [6, 6.07) is 7.43. The van der Waals surface area contributed by atoms with Crippen LogP contribution in [0.25, 0.3) is 0 Å². The maximum Gasteiger partial charge on any atom is 0.293 e. The van der Waals surface area contributed by atoms with Crippen LogP contribution in [0.3, 0.4) is 0 Å². The smallest absolute Gasteiger partial charge is 0.293 e. The molecule has 1 aromatic carbocycles. The van der Waals surface area contributed by atoms with Crippen LogP contribution in [0.4, 0.5) is 11.5 Å². The number of rotatable bonds is 5. The molecule has 1 heterocycles. The molecule has 1 aromatic heterocycles. The van der Waals surface area contributed by atoms with Gasteiger partial charge in [-0.05, 0) is 18.6 Å². The molecule has 0 spiro atoms. The zero-order valence-electron chi connectivity index (χ0n) is 12.1. The molecule has 21 heavy (non-hydrogen) atoms. The minimum atomic E-state index is -0.109. The zero-order chi connectivity index (χ0) is 15.4. The molecule has 2 aromatic rings. The monoisotopic (exact) mass is 302 g/mol. The Morgan fingerprint density at radius 1 is 1.48 bits per heavy atom. The molecule has 0 amide bonds. The number of aryl methyl sites for hydroxylation is 1. The number of aromatic nitrogens is 2. The van der Waals surface area contributed by atoms with E-state index in [-0.39, 0.29) is 5.56 Å². The van der Waals surface area contributed by atoms with Gasteiger partial charge in [-0.1, -0.05) is 31.3 Å². The first-order chi connectivity index (χ1) is 10.0. The van der Waals surface area contributed by atoms with Crippen molar-refractivity contribution in [3.8, 4) is 0 Å². The Bertz CT molecular complexity index is 711. The highest BCUT2D eigenvalue weighted by Crippen LogP contribution is 2.20. The first-order valence-electron chi connectivity index (χ1n) is 6.73. The molecule has 110 valence electrons. The van der Waals surface area contributed by atoms with Crippen molar-refractivity contribution >= 4 is 28.7 Å². The second kappa shape index (κ2) is 6.49. The average Bonchev–Trinajstić information content (AvgIpc) is 2.49. The lowest BCUT2D eigenvalue weighted by molar-refractivity contribution is 0.648. The van der Waals surface area contributed by atoms with Crippen LogP contribution in [0.2, 0.25) is 0 Å². The van der Waals surface area contributed by atoms with Gasteiger partial charge in [0, 0.05) is 37.2 Å². The van der Waals surface area contributed by atoms with Crippen molar-refractivity contribution in [3.63, 3.8) is 0 Å². The summed E-state index contributed by atoms with van der Waals surface area (Å²) in [7, 11) is 1.80. The maximum absolute atomic E-state index is 12.4. The summed E-state index contributed by atoms with van der Waals surface area (Å²) in [5.41, 5.74) is 7.12. The van der Waals surface area contributed by atoms with Crippen LogP contribution in [-0.4, -0.2) is 21.6 Å². The zero-order valence-corrected chi connectivity index (χ0v) is 12.9. The number of nitrogens with two attached hydrogens (primary N) is 1. The van der Waals surface area contributed by atoms with Crippen molar-refractivity contribution in [1.82, 2.24) is 9.55 Å². The molecule has 0 atom stereocenters. The van der Waals surface area contributed by atoms with E-state index >= 15 is 0 Å². The van der Waals surface area contributed by atoms with Crippen molar-refractivity contribution in [1.29, 1.82) is 0 Å². The summed E-state index contributed by atoms with van der Waals surface area (Å²) >= 11 is 4.98. The summed E-state index contributed by atoms with van der Waals surface area (Å²) in [6.45, 7) is 2.71. The average molecular weight is 302 g/mol. The third kappa shape index (κ3) is 3.28. The fraction of sp³-hybridized carbons (Fsp3) is 0.267. The topological polar surface area (TPSA) is 64.2 Å². The standard InChI is InChI=1S/C15H18N4OS/c1-3-8-19-9-7-17-14(15(19)20)18(2)12-6-4-5-11(10-12)13(16)21/h4-7,9-10H,3,8H2,1-2H3,(H2,16,21). The van der Waals surface area contributed by atoms with Gasteiger partial charge in [-0.15, -0.1) is 0 Å². The van der Waals surface area contributed by atoms with E-state index in [2.05, 4.69) is 4.98 Å². The lowest BCUT2D eigenvalue weighted by Gasteiger charge is -2.19. The summed E-state index contributed by atoms with van der Waals surface area (Å²) < 4.78 is 1.66. The summed E-state index contributed by atoms with van der Waals surface area (Å²) in [4.78, 5) is 18.7. The first-order valence-corrected chi connectivity index (χ1v) is 7.14. The number of thiocarbonyl (C=S) groups is 1. The van der Waals surface area contributed by atoms with Crippen LogP contribution in [0.1, 0.15) is 18.9 Å². The van der Waals surface area contributed by atoms with Crippen LogP contribution in [-0.2, 0) is 6.54 Å². The Morgan fingerprint density at radius 2 is 2.24 bits per heavy atom. The Balaban J connectivity index is 2.43. The van der Waals surface area contributed by atoms with Crippen LogP contribution >= 0.6 is 12.2 Å². The van der Waals surface area contributed by atoms with E-state index in [0.29, 0.717) is 17.4 Å². The van der Waals surface area contributed by atoms with E-state index in [9.17, 15) is 4.79 Å². The second-order valence-corrected chi connectivity index (χ2v) is 5.16. The Hall–Kier alpha value is -2.21. The van der Waals surface area contributed by atoms with Gasteiger partial charge in [-0.3, -0.25) is 4.79 Å². The van der Waals surface area contributed by atoms with E-state index < -0.39 is 0 Å². The fourth-order valence-electron chi connectivity index (χ4n) is 2.07. The normalized spacial score (nSPS) is 10.4. The van der Waals surface area contributed by atoms with Gasteiger partial charge in [0.25, 0.3) is 5.56 Å².